The lowest BCUT2D eigenvalue weighted by Crippen LogP contribution is -2.36. The molecular weight excluding hydrogens is 516 g/mol. The number of carboxylic acid groups (broad SMARTS) is 1. The Hall–Kier alpha value is -3.11. The van der Waals surface area contributed by atoms with Gasteiger partial charge in [-0.25, -0.2) is 13.8 Å². The van der Waals surface area contributed by atoms with Gasteiger partial charge >= 0.3 is 5.97 Å². The van der Waals surface area contributed by atoms with Crippen LogP contribution in [0.25, 0.3) is 10.9 Å². The van der Waals surface area contributed by atoms with E-state index in [1.54, 1.807) is 17.2 Å². The van der Waals surface area contributed by atoms with Gasteiger partial charge in [-0.3, -0.25) is 14.4 Å². The fraction of sp³-hybridized carbons (Fsp3) is 0.567. The quantitative estimate of drug-likeness (QED) is 0.332. The van der Waals surface area contributed by atoms with E-state index in [0.29, 0.717) is 44.6 Å². The van der Waals surface area contributed by atoms with Crippen LogP contribution in [0.15, 0.2) is 36.5 Å². The largest absolute Gasteiger partial charge is 0.480 e. The monoisotopic (exact) mass is 553 g/mol. The molecule has 0 unspecified atom stereocenters. The molecule has 0 aliphatic carbocycles. The predicted octanol–water partition coefficient (Wildman–Crippen LogP) is 5.25. The van der Waals surface area contributed by atoms with E-state index in [1.165, 1.54) is 5.56 Å². The van der Waals surface area contributed by atoms with Crippen LogP contribution in [0.1, 0.15) is 67.4 Å². The zero-order chi connectivity index (χ0) is 27.7. The van der Waals surface area contributed by atoms with Crippen LogP contribution in [0.4, 0.5) is 14.6 Å². The van der Waals surface area contributed by atoms with E-state index in [0.717, 1.165) is 48.2 Å². The molecule has 3 aliphatic rings. The van der Waals surface area contributed by atoms with Crippen molar-refractivity contribution in [2.75, 3.05) is 38.2 Å². The van der Waals surface area contributed by atoms with Gasteiger partial charge in [0.15, 0.2) is 0 Å². The number of halogens is 2. The number of carbonyl (C=O) groups is 1. The molecule has 2 fully saturated rings. The smallest absolute Gasteiger partial charge is 0.325 e. The topological polar surface area (TPSA) is 92.5 Å². The second-order valence-corrected chi connectivity index (χ2v) is 11.4. The Balaban J connectivity index is 1.10. The highest BCUT2D eigenvalue weighted by Crippen LogP contribution is 2.41. The standard InChI is InChI=1S/C30H37F2N5O3/c31-30(32,13-2-1-7-23-10-9-20-6-4-14-33-28(20)35-23)22-11-15-36(18-22)27(29(38)39)25-8-3-5-21-17-34-37(26(21)25)24-12-16-40-19-24/h3,5,8-10,17,22,24,27H,1-2,4,6-7,11-16,18-19H2,(H,33,35)(H,38,39)/t22-,24+,27+/m1/s1. The molecule has 3 aromatic rings. The van der Waals surface area contributed by atoms with Gasteiger partial charge in [-0.05, 0) is 63.1 Å². The fourth-order valence-corrected chi connectivity index (χ4v) is 6.57. The molecule has 3 aliphatic heterocycles. The maximum Gasteiger partial charge on any atom is 0.325 e. The van der Waals surface area contributed by atoms with Crippen LogP contribution >= 0.6 is 0 Å². The number of para-hydroxylation sites is 1. The van der Waals surface area contributed by atoms with Crippen LogP contribution in [0.5, 0.6) is 0 Å². The van der Waals surface area contributed by atoms with E-state index in [-0.39, 0.29) is 25.4 Å². The molecule has 5 heterocycles. The van der Waals surface area contributed by atoms with Crippen molar-refractivity contribution < 1.29 is 23.4 Å². The Kier molecular flexibility index (Phi) is 7.72. The highest BCUT2D eigenvalue weighted by Gasteiger charge is 2.45. The average molecular weight is 554 g/mol. The van der Waals surface area contributed by atoms with Gasteiger partial charge < -0.3 is 15.2 Å². The maximum atomic E-state index is 15.4. The zero-order valence-corrected chi connectivity index (χ0v) is 22.7. The Morgan fingerprint density at radius 2 is 2.12 bits per heavy atom. The highest BCUT2D eigenvalue weighted by molar-refractivity contribution is 5.88. The number of anilines is 1. The predicted molar refractivity (Wildman–Crippen MR) is 148 cm³/mol. The molecule has 2 aromatic heterocycles. The lowest BCUT2D eigenvalue weighted by Gasteiger charge is -2.28. The number of rotatable bonds is 10. The number of nitrogens with zero attached hydrogens (tertiary/aromatic N) is 4. The Morgan fingerprint density at radius 3 is 2.95 bits per heavy atom. The number of hydrogen-bond acceptors (Lipinski definition) is 6. The first-order chi connectivity index (χ1) is 19.4. The number of aliphatic carboxylic acids is 1. The average Bonchev–Trinajstić information content (AvgIpc) is 3.72. The molecule has 2 N–H and O–H groups in total. The van der Waals surface area contributed by atoms with Crippen LogP contribution in [0.3, 0.4) is 0 Å². The number of alkyl halides is 2. The van der Waals surface area contributed by atoms with Gasteiger partial charge in [0.05, 0.1) is 24.4 Å². The number of carboxylic acids is 1. The lowest BCUT2D eigenvalue weighted by molar-refractivity contribution is -0.143. The second kappa shape index (κ2) is 11.4. The summed E-state index contributed by atoms with van der Waals surface area (Å²) in [5.41, 5.74) is 3.52. The number of nitrogens with one attached hydrogen (secondary N) is 1. The molecule has 8 nitrogen and oxygen atoms in total. The van der Waals surface area contributed by atoms with Gasteiger partial charge in [0, 0.05) is 48.7 Å². The van der Waals surface area contributed by atoms with E-state index < -0.39 is 23.9 Å². The van der Waals surface area contributed by atoms with E-state index in [4.69, 9.17) is 4.74 Å². The van der Waals surface area contributed by atoms with E-state index >= 15 is 8.78 Å². The van der Waals surface area contributed by atoms with Crippen LogP contribution in [0, 0.1) is 5.92 Å². The summed E-state index contributed by atoms with van der Waals surface area (Å²) in [7, 11) is 0. The number of fused-ring (bicyclic) bond motifs is 2. The summed E-state index contributed by atoms with van der Waals surface area (Å²) < 4.78 is 38.1. The van der Waals surface area contributed by atoms with Crippen molar-refractivity contribution in [3.8, 4) is 0 Å². The summed E-state index contributed by atoms with van der Waals surface area (Å²) in [5.74, 6) is -3.81. The summed E-state index contributed by atoms with van der Waals surface area (Å²) in [4.78, 5) is 19.0. The summed E-state index contributed by atoms with van der Waals surface area (Å²) in [6, 6.07) is 8.66. The Labute approximate surface area is 232 Å². The van der Waals surface area contributed by atoms with Gasteiger partial charge in [-0.1, -0.05) is 24.3 Å². The number of likely N-dealkylation sites (tertiary alicyclic amines) is 1. The highest BCUT2D eigenvalue weighted by atomic mass is 19.3. The van der Waals surface area contributed by atoms with Crippen LogP contribution < -0.4 is 5.32 Å². The zero-order valence-electron chi connectivity index (χ0n) is 22.7. The number of aryl methyl sites for hydroxylation is 2. The normalized spacial score (nSPS) is 22.4. The van der Waals surface area contributed by atoms with Crippen LogP contribution in [-0.2, 0) is 22.4 Å². The molecule has 40 heavy (non-hydrogen) atoms. The van der Waals surface area contributed by atoms with E-state index in [2.05, 4.69) is 21.5 Å². The van der Waals surface area contributed by atoms with Crippen molar-refractivity contribution in [3.63, 3.8) is 0 Å². The molecule has 0 saturated carbocycles. The minimum atomic E-state index is -2.85. The molecule has 6 rings (SSSR count). The van der Waals surface area contributed by atoms with Gasteiger partial charge in [-0.15, -0.1) is 0 Å². The number of benzene rings is 1. The number of aromatic nitrogens is 3. The van der Waals surface area contributed by atoms with Gasteiger partial charge in [0.2, 0.25) is 0 Å². The van der Waals surface area contributed by atoms with Crippen molar-refractivity contribution in [2.24, 2.45) is 5.92 Å². The molecule has 1 aromatic carbocycles. The molecule has 0 spiro atoms. The molecule has 0 bridgehead atoms. The first-order valence-electron chi connectivity index (χ1n) is 14.5. The van der Waals surface area contributed by atoms with E-state index in [9.17, 15) is 9.90 Å². The van der Waals surface area contributed by atoms with Crippen molar-refractivity contribution in [1.29, 1.82) is 0 Å². The van der Waals surface area contributed by atoms with Gasteiger partial charge in [0.1, 0.15) is 11.9 Å². The van der Waals surface area contributed by atoms with Crippen molar-refractivity contribution in [1.82, 2.24) is 19.7 Å². The number of unbranched alkanes of at least 4 members (excludes halogenated alkanes) is 1. The minimum Gasteiger partial charge on any atom is -0.480 e. The Bertz CT molecular complexity index is 1360. The van der Waals surface area contributed by atoms with Crippen molar-refractivity contribution in [2.45, 2.75) is 69.4 Å². The molecule has 0 radical (unpaired) electrons. The molecule has 2 saturated heterocycles. The number of pyridine rings is 1. The minimum absolute atomic E-state index is 0.0384. The summed E-state index contributed by atoms with van der Waals surface area (Å²) >= 11 is 0. The summed E-state index contributed by atoms with van der Waals surface area (Å²) in [6.07, 6.45) is 6.48. The van der Waals surface area contributed by atoms with E-state index in [1.807, 2.05) is 22.9 Å². The Morgan fingerprint density at radius 1 is 1.23 bits per heavy atom. The lowest BCUT2D eigenvalue weighted by atomic mass is 9.95. The van der Waals surface area contributed by atoms with Crippen molar-refractivity contribution >= 4 is 22.7 Å². The van der Waals surface area contributed by atoms with Gasteiger partial charge in [0.25, 0.3) is 5.92 Å². The first-order valence-corrected chi connectivity index (χ1v) is 14.5. The molecular formula is C30H37F2N5O3. The molecule has 10 heteroatoms. The fourth-order valence-electron chi connectivity index (χ4n) is 6.57. The van der Waals surface area contributed by atoms with Crippen LogP contribution in [-0.4, -0.2) is 69.5 Å². The molecule has 0 amide bonds. The number of ether oxygens (including phenoxy) is 1. The van der Waals surface area contributed by atoms with Gasteiger partial charge in [-0.2, -0.15) is 5.10 Å². The second-order valence-electron chi connectivity index (χ2n) is 11.4. The van der Waals surface area contributed by atoms with Crippen molar-refractivity contribution in [3.05, 3.63) is 53.3 Å². The summed E-state index contributed by atoms with van der Waals surface area (Å²) in [5, 5.41) is 19.0. The van der Waals surface area contributed by atoms with Crippen LogP contribution in [0.2, 0.25) is 0 Å². The third-order valence-electron chi connectivity index (χ3n) is 8.76. The summed E-state index contributed by atoms with van der Waals surface area (Å²) in [6.45, 7) is 2.46. The SMILES string of the molecule is O=C(O)[C@H](c1cccc2cnn([C@H]3CCOC3)c12)N1CC[C@@H](C(F)(F)CCCCc2ccc3c(n2)NCCC3)C1. The first kappa shape index (κ1) is 27.1. The molecule has 3 atom stereocenters. The third kappa shape index (κ3) is 5.43. The molecule has 214 valence electrons. The maximum absolute atomic E-state index is 15.4. The number of hydrogen-bond donors (Lipinski definition) is 2. The third-order valence-corrected chi connectivity index (χ3v) is 8.76.